The van der Waals surface area contributed by atoms with Gasteiger partial charge >= 0.3 is 0 Å². The van der Waals surface area contributed by atoms with E-state index in [0.717, 1.165) is 5.56 Å². The summed E-state index contributed by atoms with van der Waals surface area (Å²) in [4.78, 5) is 16.0. The van der Waals surface area contributed by atoms with E-state index >= 15 is 0 Å². The Morgan fingerprint density at radius 1 is 1.45 bits per heavy atom. The lowest BCUT2D eigenvalue weighted by Crippen LogP contribution is -2.28. The number of H-pyrrole nitrogens is 1. The number of hydrogen-bond acceptors (Lipinski definition) is 4. The van der Waals surface area contributed by atoms with Crippen molar-refractivity contribution in [1.29, 1.82) is 0 Å². The van der Waals surface area contributed by atoms with Gasteiger partial charge in [0.2, 0.25) is 5.91 Å². The molecule has 0 fully saturated rings. The van der Waals surface area contributed by atoms with Crippen molar-refractivity contribution in [3.05, 3.63) is 29.6 Å². The Hall–Kier alpha value is -2.18. The summed E-state index contributed by atoms with van der Waals surface area (Å²) < 4.78 is 1.87. The minimum atomic E-state index is -0.103. The van der Waals surface area contributed by atoms with Crippen LogP contribution in [-0.4, -0.2) is 30.9 Å². The molecule has 2 aromatic rings. The van der Waals surface area contributed by atoms with E-state index in [4.69, 9.17) is 0 Å². The van der Waals surface area contributed by atoms with Crippen LogP contribution in [0.1, 0.15) is 50.1 Å². The van der Waals surface area contributed by atoms with E-state index in [2.05, 4.69) is 39.4 Å². The van der Waals surface area contributed by atoms with Gasteiger partial charge in [-0.1, -0.05) is 0 Å². The van der Waals surface area contributed by atoms with E-state index in [1.54, 1.807) is 13.1 Å². The number of hydrogen-bond donors (Lipinski definition) is 2. The number of aryl methyl sites for hydroxylation is 1. The van der Waals surface area contributed by atoms with Crippen molar-refractivity contribution in [2.75, 3.05) is 0 Å². The molecule has 2 N–H and O–H groups in total. The minimum Gasteiger partial charge on any atom is -0.349 e. The second-order valence-corrected chi connectivity index (χ2v) is 5.15. The van der Waals surface area contributed by atoms with Crippen molar-refractivity contribution in [2.45, 2.75) is 46.2 Å². The third kappa shape index (κ3) is 3.43. The van der Waals surface area contributed by atoms with Gasteiger partial charge in [-0.25, -0.2) is 4.98 Å². The first-order chi connectivity index (χ1) is 9.45. The highest BCUT2D eigenvalue weighted by Crippen LogP contribution is 2.13. The van der Waals surface area contributed by atoms with Crippen LogP contribution in [0.15, 0.2) is 12.4 Å². The summed E-state index contributed by atoms with van der Waals surface area (Å²) in [6, 6.07) is 0.220. The predicted molar refractivity (Wildman–Crippen MR) is 74.0 cm³/mol. The molecule has 0 radical (unpaired) electrons. The van der Waals surface area contributed by atoms with E-state index in [1.807, 2.05) is 17.8 Å². The zero-order chi connectivity index (χ0) is 14.7. The Morgan fingerprint density at radius 2 is 2.20 bits per heavy atom. The lowest BCUT2D eigenvalue weighted by Gasteiger charge is -2.11. The van der Waals surface area contributed by atoms with Crippen LogP contribution in [0.3, 0.4) is 0 Å². The number of aromatic nitrogens is 5. The van der Waals surface area contributed by atoms with Gasteiger partial charge in [-0.05, 0) is 27.7 Å². The zero-order valence-electron chi connectivity index (χ0n) is 12.2. The molecule has 20 heavy (non-hydrogen) atoms. The first-order valence-corrected chi connectivity index (χ1v) is 6.67. The fourth-order valence-electron chi connectivity index (χ4n) is 1.85. The summed E-state index contributed by atoms with van der Waals surface area (Å²) in [5.41, 5.74) is 0.984. The molecule has 1 unspecified atom stereocenters. The SMILES string of the molecule is Cc1nc(CC(=O)NC(C)c2cnn(C(C)C)c2)n[nH]1. The van der Waals surface area contributed by atoms with Crippen LogP contribution in [0.2, 0.25) is 0 Å². The average molecular weight is 276 g/mol. The van der Waals surface area contributed by atoms with E-state index < -0.39 is 0 Å². The largest absolute Gasteiger partial charge is 0.349 e. The molecule has 0 aliphatic heterocycles. The molecular formula is C13H20N6O. The number of carbonyl (C=O) groups is 1. The van der Waals surface area contributed by atoms with Crippen molar-refractivity contribution < 1.29 is 4.79 Å². The monoisotopic (exact) mass is 276 g/mol. The number of nitrogens with one attached hydrogen (secondary N) is 2. The summed E-state index contributed by atoms with van der Waals surface area (Å²) in [5.74, 6) is 1.11. The molecule has 2 heterocycles. The zero-order valence-corrected chi connectivity index (χ0v) is 12.2. The van der Waals surface area contributed by atoms with Gasteiger partial charge in [-0.15, -0.1) is 0 Å². The van der Waals surface area contributed by atoms with Gasteiger partial charge in [0.15, 0.2) is 5.82 Å². The average Bonchev–Trinajstić information content (AvgIpc) is 2.98. The molecule has 0 saturated heterocycles. The summed E-state index contributed by atoms with van der Waals surface area (Å²) >= 11 is 0. The van der Waals surface area contributed by atoms with E-state index in [9.17, 15) is 4.79 Å². The molecule has 0 aromatic carbocycles. The van der Waals surface area contributed by atoms with Crippen LogP contribution in [0, 0.1) is 6.92 Å². The Labute approximate surface area is 117 Å². The van der Waals surface area contributed by atoms with Gasteiger partial charge in [0.1, 0.15) is 5.82 Å². The third-order valence-electron chi connectivity index (χ3n) is 2.99. The van der Waals surface area contributed by atoms with Crippen LogP contribution in [0.25, 0.3) is 0 Å². The number of carbonyl (C=O) groups excluding carboxylic acids is 1. The molecule has 0 aliphatic carbocycles. The molecule has 1 atom stereocenters. The quantitative estimate of drug-likeness (QED) is 0.861. The Balaban J connectivity index is 1.92. The van der Waals surface area contributed by atoms with Gasteiger partial charge in [0, 0.05) is 17.8 Å². The smallest absolute Gasteiger partial charge is 0.228 e. The molecule has 2 rings (SSSR count). The first-order valence-electron chi connectivity index (χ1n) is 6.67. The summed E-state index contributed by atoms with van der Waals surface area (Å²) in [5, 5.41) is 13.9. The normalized spacial score (nSPS) is 12.7. The van der Waals surface area contributed by atoms with Crippen molar-refractivity contribution in [3.63, 3.8) is 0 Å². The highest BCUT2D eigenvalue weighted by atomic mass is 16.1. The van der Waals surface area contributed by atoms with Crippen LogP contribution in [0.4, 0.5) is 0 Å². The van der Waals surface area contributed by atoms with E-state index in [1.165, 1.54) is 0 Å². The van der Waals surface area contributed by atoms with Crippen molar-refractivity contribution in [1.82, 2.24) is 30.3 Å². The number of rotatable bonds is 5. The second-order valence-electron chi connectivity index (χ2n) is 5.15. The standard InChI is InChI=1S/C13H20N6O/c1-8(2)19-7-11(6-14-19)9(3)15-13(20)5-12-16-10(4)17-18-12/h6-9H,5H2,1-4H3,(H,15,20)(H,16,17,18). The maximum absolute atomic E-state index is 11.9. The van der Waals surface area contributed by atoms with Crippen molar-refractivity contribution in [3.8, 4) is 0 Å². The van der Waals surface area contributed by atoms with Gasteiger partial charge in [-0.2, -0.15) is 10.2 Å². The summed E-state index contributed by atoms with van der Waals surface area (Å²) in [6.07, 6.45) is 3.90. The number of nitrogens with zero attached hydrogens (tertiary/aromatic N) is 4. The number of aromatic amines is 1. The van der Waals surface area contributed by atoms with Gasteiger partial charge in [0.05, 0.1) is 18.7 Å². The molecule has 0 aliphatic rings. The topological polar surface area (TPSA) is 88.5 Å². The van der Waals surface area contributed by atoms with Crippen molar-refractivity contribution >= 4 is 5.91 Å². The second kappa shape index (κ2) is 5.85. The van der Waals surface area contributed by atoms with Gasteiger partial charge in [0.25, 0.3) is 0 Å². The molecule has 2 aromatic heterocycles. The molecular weight excluding hydrogens is 256 g/mol. The number of amides is 1. The Kier molecular flexibility index (Phi) is 4.16. The Morgan fingerprint density at radius 3 is 2.75 bits per heavy atom. The van der Waals surface area contributed by atoms with Gasteiger partial charge < -0.3 is 5.32 Å². The van der Waals surface area contributed by atoms with Gasteiger partial charge in [-0.3, -0.25) is 14.6 Å². The predicted octanol–water partition coefficient (Wildman–Crippen LogP) is 1.31. The molecule has 7 heteroatoms. The molecule has 0 bridgehead atoms. The van der Waals surface area contributed by atoms with E-state index in [0.29, 0.717) is 17.7 Å². The third-order valence-corrected chi connectivity index (χ3v) is 2.99. The molecule has 108 valence electrons. The van der Waals surface area contributed by atoms with Crippen LogP contribution in [0.5, 0.6) is 0 Å². The molecule has 0 spiro atoms. The lowest BCUT2D eigenvalue weighted by molar-refractivity contribution is -0.121. The van der Waals surface area contributed by atoms with Crippen LogP contribution < -0.4 is 5.32 Å². The fraction of sp³-hybridized carbons (Fsp3) is 0.538. The van der Waals surface area contributed by atoms with Crippen LogP contribution in [-0.2, 0) is 11.2 Å². The van der Waals surface area contributed by atoms with Crippen molar-refractivity contribution in [2.24, 2.45) is 0 Å². The minimum absolute atomic E-state index is 0.0879. The highest BCUT2D eigenvalue weighted by Gasteiger charge is 2.14. The Bertz CT molecular complexity index is 585. The maximum atomic E-state index is 11.9. The molecule has 1 amide bonds. The molecule has 0 saturated carbocycles. The summed E-state index contributed by atoms with van der Waals surface area (Å²) in [6.45, 7) is 7.86. The molecule has 7 nitrogen and oxygen atoms in total. The van der Waals surface area contributed by atoms with E-state index in [-0.39, 0.29) is 18.4 Å². The maximum Gasteiger partial charge on any atom is 0.228 e. The van der Waals surface area contributed by atoms with Crippen LogP contribution >= 0.6 is 0 Å². The summed E-state index contributed by atoms with van der Waals surface area (Å²) in [7, 11) is 0. The first kappa shape index (κ1) is 14.2. The highest BCUT2D eigenvalue weighted by molar-refractivity contribution is 5.78. The lowest BCUT2D eigenvalue weighted by atomic mass is 10.2. The fourth-order valence-corrected chi connectivity index (χ4v) is 1.85.